The van der Waals surface area contributed by atoms with E-state index in [2.05, 4.69) is 0 Å². The summed E-state index contributed by atoms with van der Waals surface area (Å²) >= 11 is 0. The molecule has 1 N–H and O–H groups in total. The van der Waals surface area contributed by atoms with Crippen LogP contribution in [0.3, 0.4) is 0 Å². The molecule has 0 aliphatic rings. The average molecular weight is 190 g/mol. The average Bonchev–Trinajstić information content (AvgIpc) is 1.82. The maximum atomic E-state index is 10.7. The van der Waals surface area contributed by atoms with E-state index in [0.29, 0.717) is 6.61 Å². The van der Waals surface area contributed by atoms with Crippen LogP contribution in [0.25, 0.3) is 0 Å². The summed E-state index contributed by atoms with van der Waals surface area (Å²) in [5, 5.41) is 8.77. The first-order valence-electron chi connectivity index (χ1n) is 4.02. The van der Waals surface area contributed by atoms with Gasteiger partial charge in [0.2, 0.25) is 0 Å². The molecule has 0 unspecified atom stereocenters. The number of carboxylic acids is 1. The lowest BCUT2D eigenvalue weighted by Gasteiger charge is -2.25. The number of carbonyl (C=O) groups is 1. The Labute approximate surface area is 74.9 Å². The van der Waals surface area contributed by atoms with Crippen molar-refractivity contribution >= 4 is 14.3 Å². The normalized spacial score (nSPS) is 13.1. The van der Waals surface area contributed by atoms with E-state index < -0.39 is 19.7 Å². The summed E-state index contributed by atoms with van der Waals surface area (Å²) in [6, 6.07) is 0. The fourth-order valence-electron chi connectivity index (χ4n) is 0.459. The van der Waals surface area contributed by atoms with Crippen LogP contribution in [0, 0.1) is 5.41 Å². The van der Waals surface area contributed by atoms with Crippen LogP contribution in [0.2, 0.25) is 19.6 Å². The maximum absolute atomic E-state index is 10.7. The van der Waals surface area contributed by atoms with Gasteiger partial charge in [-0.2, -0.15) is 0 Å². The Morgan fingerprint density at radius 2 is 1.83 bits per heavy atom. The predicted octanol–water partition coefficient (Wildman–Crippen LogP) is 1.95. The van der Waals surface area contributed by atoms with Gasteiger partial charge in [-0.25, -0.2) is 0 Å². The predicted molar refractivity (Wildman–Crippen MR) is 50.7 cm³/mol. The molecular formula is C8H18O3Si. The lowest BCUT2D eigenvalue weighted by molar-refractivity contribution is -0.148. The van der Waals surface area contributed by atoms with E-state index in [9.17, 15) is 4.79 Å². The van der Waals surface area contributed by atoms with Crippen LogP contribution in [0.15, 0.2) is 0 Å². The van der Waals surface area contributed by atoms with Gasteiger partial charge >= 0.3 is 5.97 Å². The molecule has 0 atom stereocenters. The second-order valence-electron chi connectivity index (χ2n) is 4.59. The van der Waals surface area contributed by atoms with E-state index in [-0.39, 0.29) is 0 Å². The third-order valence-electron chi connectivity index (χ3n) is 1.44. The topological polar surface area (TPSA) is 46.5 Å². The third-order valence-corrected chi connectivity index (χ3v) is 2.46. The van der Waals surface area contributed by atoms with Gasteiger partial charge < -0.3 is 9.53 Å². The van der Waals surface area contributed by atoms with Crippen molar-refractivity contribution in [2.75, 3.05) is 6.61 Å². The second kappa shape index (κ2) is 3.58. The lowest BCUT2D eigenvalue weighted by atomic mass is 9.96. The molecule has 0 saturated carbocycles. The standard InChI is InChI=1S/C8H18O3Si/c1-8(2,7(9)10)6-11-12(3,4)5/h6H2,1-5H3,(H,9,10). The van der Waals surface area contributed by atoms with E-state index in [1.54, 1.807) is 13.8 Å². The zero-order chi connectivity index (χ0) is 9.99. The SMILES string of the molecule is CC(C)(CO[Si](C)(C)C)C(=O)O. The fourth-order valence-corrected chi connectivity index (χ4v) is 1.25. The lowest BCUT2D eigenvalue weighted by Crippen LogP contribution is -2.36. The zero-order valence-corrected chi connectivity index (χ0v) is 9.47. The maximum Gasteiger partial charge on any atom is 0.311 e. The molecule has 72 valence electrons. The van der Waals surface area contributed by atoms with Gasteiger partial charge in [-0.3, -0.25) is 4.79 Å². The molecule has 0 aromatic rings. The van der Waals surface area contributed by atoms with Crippen LogP contribution in [0.5, 0.6) is 0 Å². The molecule has 0 radical (unpaired) electrons. The minimum atomic E-state index is -1.58. The highest BCUT2D eigenvalue weighted by Gasteiger charge is 2.29. The Hall–Kier alpha value is -0.353. The van der Waals surface area contributed by atoms with Crippen molar-refractivity contribution in [1.82, 2.24) is 0 Å². The van der Waals surface area contributed by atoms with Gasteiger partial charge in [0, 0.05) is 6.61 Å². The molecule has 0 spiro atoms. The molecule has 3 nitrogen and oxygen atoms in total. The van der Waals surface area contributed by atoms with Crippen LogP contribution in [0.1, 0.15) is 13.8 Å². The van der Waals surface area contributed by atoms with Crippen LogP contribution in [-0.4, -0.2) is 26.0 Å². The van der Waals surface area contributed by atoms with E-state index in [1.165, 1.54) is 0 Å². The number of rotatable bonds is 4. The molecule has 0 heterocycles. The van der Waals surface area contributed by atoms with Gasteiger partial charge in [0.05, 0.1) is 5.41 Å². The number of hydrogen-bond acceptors (Lipinski definition) is 2. The van der Waals surface area contributed by atoms with Crippen molar-refractivity contribution in [2.45, 2.75) is 33.5 Å². The minimum absolute atomic E-state index is 0.304. The highest BCUT2D eigenvalue weighted by atomic mass is 28.4. The van der Waals surface area contributed by atoms with Crippen molar-refractivity contribution in [3.05, 3.63) is 0 Å². The molecule has 12 heavy (non-hydrogen) atoms. The van der Waals surface area contributed by atoms with E-state index in [1.807, 2.05) is 19.6 Å². The van der Waals surface area contributed by atoms with Crippen LogP contribution in [0.4, 0.5) is 0 Å². The summed E-state index contributed by atoms with van der Waals surface area (Å²) < 4.78 is 5.51. The molecule has 4 heteroatoms. The summed E-state index contributed by atoms with van der Waals surface area (Å²) in [4.78, 5) is 10.7. The molecule has 0 aliphatic heterocycles. The molecular weight excluding hydrogens is 172 g/mol. The molecule has 0 aromatic carbocycles. The zero-order valence-electron chi connectivity index (χ0n) is 8.47. The van der Waals surface area contributed by atoms with E-state index in [0.717, 1.165) is 0 Å². The van der Waals surface area contributed by atoms with Crippen molar-refractivity contribution in [3.63, 3.8) is 0 Å². The van der Waals surface area contributed by atoms with Gasteiger partial charge in [0.1, 0.15) is 0 Å². The Morgan fingerprint density at radius 1 is 1.42 bits per heavy atom. The molecule has 0 saturated heterocycles. The Morgan fingerprint density at radius 3 is 2.08 bits per heavy atom. The Balaban J connectivity index is 4.01. The summed E-state index contributed by atoms with van der Waals surface area (Å²) in [5.74, 6) is -0.805. The van der Waals surface area contributed by atoms with Crippen LogP contribution >= 0.6 is 0 Å². The fraction of sp³-hybridized carbons (Fsp3) is 0.875. The van der Waals surface area contributed by atoms with E-state index in [4.69, 9.17) is 9.53 Å². The van der Waals surface area contributed by atoms with Gasteiger partial charge in [-0.05, 0) is 33.5 Å². The van der Waals surface area contributed by atoms with Crippen LogP contribution < -0.4 is 0 Å². The molecule has 0 aliphatic carbocycles. The highest BCUT2D eigenvalue weighted by molar-refractivity contribution is 6.69. The van der Waals surface area contributed by atoms with E-state index >= 15 is 0 Å². The van der Waals surface area contributed by atoms with Gasteiger partial charge in [0.25, 0.3) is 0 Å². The molecule has 0 aromatic heterocycles. The molecule has 0 fully saturated rings. The highest BCUT2D eigenvalue weighted by Crippen LogP contribution is 2.18. The van der Waals surface area contributed by atoms with Crippen molar-refractivity contribution < 1.29 is 14.3 Å². The first-order valence-corrected chi connectivity index (χ1v) is 7.43. The Kier molecular flexibility index (Phi) is 3.47. The van der Waals surface area contributed by atoms with Gasteiger partial charge in [0.15, 0.2) is 8.32 Å². The Bertz CT molecular complexity index is 170. The van der Waals surface area contributed by atoms with Crippen molar-refractivity contribution in [3.8, 4) is 0 Å². The quantitative estimate of drug-likeness (QED) is 0.689. The smallest absolute Gasteiger partial charge is 0.311 e. The minimum Gasteiger partial charge on any atom is -0.481 e. The monoisotopic (exact) mass is 190 g/mol. The van der Waals surface area contributed by atoms with Gasteiger partial charge in [-0.15, -0.1) is 0 Å². The third kappa shape index (κ3) is 4.51. The van der Waals surface area contributed by atoms with Crippen molar-refractivity contribution in [2.24, 2.45) is 5.41 Å². The summed E-state index contributed by atoms with van der Waals surface area (Å²) in [6.45, 7) is 9.80. The first kappa shape index (κ1) is 11.6. The number of carboxylic acid groups (broad SMARTS) is 1. The van der Waals surface area contributed by atoms with Gasteiger partial charge in [-0.1, -0.05) is 0 Å². The number of aliphatic carboxylic acids is 1. The second-order valence-corrected chi connectivity index (χ2v) is 9.10. The molecule has 0 rings (SSSR count). The summed E-state index contributed by atoms with van der Waals surface area (Å²) in [5.41, 5.74) is -0.764. The summed E-state index contributed by atoms with van der Waals surface area (Å²) in [7, 11) is -1.58. The molecule has 0 amide bonds. The largest absolute Gasteiger partial charge is 0.481 e. The summed E-state index contributed by atoms with van der Waals surface area (Å²) in [6.07, 6.45) is 0. The van der Waals surface area contributed by atoms with Crippen LogP contribution in [-0.2, 0) is 9.22 Å². The molecule has 0 bridgehead atoms. The number of hydrogen-bond donors (Lipinski definition) is 1. The first-order chi connectivity index (χ1) is 5.15. The van der Waals surface area contributed by atoms with Crippen molar-refractivity contribution in [1.29, 1.82) is 0 Å².